The van der Waals surface area contributed by atoms with Crippen molar-refractivity contribution in [2.24, 2.45) is 5.92 Å². The number of halogens is 4. The highest BCUT2D eigenvalue weighted by molar-refractivity contribution is 6.30. The maximum Gasteiger partial charge on any atom is 0.146 e. The number of hydrogen-bond donors (Lipinski definition) is 1. The topological polar surface area (TPSA) is 15.3 Å². The van der Waals surface area contributed by atoms with E-state index in [2.05, 4.69) is 10.2 Å². The fraction of sp³-hybridized carbons (Fsp3) is 0.571. The molecule has 20 heavy (non-hydrogen) atoms. The lowest BCUT2D eigenvalue weighted by atomic mass is 9.99. The second kappa shape index (κ2) is 7.81. The van der Waals surface area contributed by atoms with E-state index in [4.69, 9.17) is 11.6 Å². The van der Waals surface area contributed by atoms with Gasteiger partial charge in [-0.25, -0.2) is 4.39 Å². The lowest BCUT2D eigenvalue weighted by Crippen LogP contribution is -2.45. The zero-order valence-electron chi connectivity index (χ0n) is 11.1. The fourth-order valence-electron chi connectivity index (χ4n) is 2.87. The first-order chi connectivity index (χ1) is 8.77. The van der Waals surface area contributed by atoms with Crippen LogP contribution in [0.1, 0.15) is 24.4 Å². The van der Waals surface area contributed by atoms with Gasteiger partial charge in [-0.3, -0.25) is 4.90 Å². The van der Waals surface area contributed by atoms with E-state index in [0.717, 1.165) is 31.7 Å². The number of nitrogens with zero attached hydrogens (tertiary/aromatic N) is 1. The summed E-state index contributed by atoms with van der Waals surface area (Å²) in [6.45, 7) is 3.97. The summed E-state index contributed by atoms with van der Waals surface area (Å²) in [5.74, 6) is 0.380. The van der Waals surface area contributed by atoms with Crippen LogP contribution in [-0.2, 0) is 0 Å². The molecule has 2 aliphatic rings. The Morgan fingerprint density at radius 2 is 1.85 bits per heavy atom. The van der Waals surface area contributed by atoms with Crippen molar-refractivity contribution in [2.75, 3.05) is 26.2 Å². The predicted octanol–water partition coefficient (Wildman–Crippen LogP) is 3.68. The molecule has 3 rings (SSSR count). The summed E-state index contributed by atoms with van der Waals surface area (Å²) in [4.78, 5) is 2.41. The summed E-state index contributed by atoms with van der Waals surface area (Å²) in [6.07, 6.45) is 2.42. The monoisotopic (exact) mass is 340 g/mol. The Hall–Kier alpha value is -0.0600. The molecule has 0 spiro atoms. The molecular weight excluding hydrogens is 322 g/mol. The first kappa shape index (κ1) is 18.0. The third kappa shape index (κ3) is 3.77. The van der Waals surface area contributed by atoms with Gasteiger partial charge in [0.15, 0.2) is 0 Å². The van der Waals surface area contributed by atoms with Crippen LogP contribution in [-0.4, -0.2) is 31.1 Å². The number of rotatable bonds is 3. The van der Waals surface area contributed by atoms with Crippen LogP contribution in [0.2, 0.25) is 5.02 Å². The number of benzene rings is 1. The highest BCUT2D eigenvalue weighted by atomic mass is 35.5. The van der Waals surface area contributed by atoms with Crippen molar-refractivity contribution in [1.29, 1.82) is 0 Å². The van der Waals surface area contributed by atoms with Crippen LogP contribution in [0, 0.1) is 11.7 Å². The van der Waals surface area contributed by atoms with Crippen molar-refractivity contribution in [3.05, 3.63) is 34.6 Å². The Labute approximate surface area is 136 Å². The molecule has 0 unspecified atom stereocenters. The quantitative estimate of drug-likeness (QED) is 0.902. The van der Waals surface area contributed by atoms with E-state index in [-0.39, 0.29) is 41.7 Å². The summed E-state index contributed by atoms with van der Waals surface area (Å²) in [7, 11) is 0. The van der Waals surface area contributed by atoms with Crippen LogP contribution in [0.25, 0.3) is 0 Å². The van der Waals surface area contributed by atoms with Gasteiger partial charge >= 0.3 is 0 Å². The van der Waals surface area contributed by atoms with Gasteiger partial charge in [-0.1, -0.05) is 23.7 Å². The zero-order valence-corrected chi connectivity index (χ0v) is 13.5. The number of hydrogen-bond acceptors (Lipinski definition) is 2. The van der Waals surface area contributed by atoms with Gasteiger partial charge in [-0.2, -0.15) is 0 Å². The van der Waals surface area contributed by atoms with Crippen molar-refractivity contribution in [3.63, 3.8) is 0 Å². The second-order valence-corrected chi connectivity index (χ2v) is 5.62. The summed E-state index contributed by atoms with van der Waals surface area (Å²) >= 11 is 5.92. The Bertz CT molecular complexity index is 434. The lowest BCUT2D eigenvalue weighted by Gasteiger charge is -2.35. The van der Waals surface area contributed by atoms with Crippen molar-refractivity contribution in [3.8, 4) is 0 Å². The summed E-state index contributed by atoms with van der Waals surface area (Å²) < 4.78 is 14.2. The zero-order chi connectivity index (χ0) is 12.5. The smallest absolute Gasteiger partial charge is 0.146 e. The molecular formula is C14H20Cl3FN2. The molecule has 2 nitrogen and oxygen atoms in total. The Kier molecular flexibility index (Phi) is 7.02. The molecule has 1 aromatic rings. The van der Waals surface area contributed by atoms with Gasteiger partial charge in [0.25, 0.3) is 0 Å². The lowest BCUT2D eigenvalue weighted by molar-refractivity contribution is 0.153. The van der Waals surface area contributed by atoms with Crippen molar-refractivity contribution in [2.45, 2.75) is 18.9 Å². The molecule has 0 amide bonds. The summed E-state index contributed by atoms with van der Waals surface area (Å²) in [5.41, 5.74) is 0.784. The molecule has 1 aliphatic carbocycles. The summed E-state index contributed by atoms with van der Waals surface area (Å²) in [6, 6.07) is 5.60. The Morgan fingerprint density at radius 1 is 1.20 bits per heavy atom. The third-order valence-electron chi connectivity index (χ3n) is 3.91. The van der Waals surface area contributed by atoms with E-state index in [0.29, 0.717) is 5.92 Å². The van der Waals surface area contributed by atoms with Crippen molar-refractivity contribution in [1.82, 2.24) is 10.2 Å². The molecule has 0 radical (unpaired) electrons. The minimum atomic E-state index is -0.227. The molecule has 1 N–H and O–H groups in total. The average molecular weight is 342 g/mol. The first-order valence-electron chi connectivity index (χ1n) is 6.66. The van der Waals surface area contributed by atoms with Crippen molar-refractivity contribution >= 4 is 36.4 Å². The average Bonchev–Trinajstić information content (AvgIpc) is 3.21. The highest BCUT2D eigenvalue weighted by Crippen LogP contribution is 2.45. The molecule has 0 bridgehead atoms. The minimum absolute atomic E-state index is 0. The SMILES string of the molecule is Cl.Cl.Fc1c(Cl)cccc1[C@H](C1CC1)N1CCNCC1. The Balaban J connectivity index is 0.000001000. The van der Waals surface area contributed by atoms with Crippen molar-refractivity contribution < 1.29 is 4.39 Å². The maximum atomic E-state index is 14.2. The standard InChI is InChI=1S/C14H18ClFN2.2ClH/c15-12-3-1-2-11(13(12)16)14(10-4-5-10)18-8-6-17-7-9-18;;/h1-3,10,14,17H,4-9H2;2*1H/t14-;;/m0../s1. The van der Waals surface area contributed by atoms with E-state index in [9.17, 15) is 4.39 Å². The fourth-order valence-corrected chi connectivity index (χ4v) is 3.05. The van der Waals surface area contributed by atoms with Crippen LogP contribution in [0.4, 0.5) is 4.39 Å². The van der Waals surface area contributed by atoms with E-state index in [1.165, 1.54) is 12.8 Å². The number of nitrogens with one attached hydrogen (secondary N) is 1. The molecule has 1 aliphatic heterocycles. The van der Waals surface area contributed by atoms with Gasteiger partial charge in [0.05, 0.1) is 5.02 Å². The second-order valence-electron chi connectivity index (χ2n) is 5.21. The normalized spacial score (nSPS) is 20.7. The van der Waals surface area contributed by atoms with Gasteiger partial charge in [-0.15, -0.1) is 24.8 Å². The van der Waals surface area contributed by atoms with E-state index < -0.39 is 0 Å². The van der Waals surface area contributed by atoms with Crippen LogP contribution in [0.3, 0.4) is 0 Å². The predicted molar refractivity (Wildman–Crippen MR) is 85.8 cm³/mol. The molecule has 1 atom stereocenters. The summed E-state index contributed by atoms with van der Waals surface area (Å²) in [5, 5.41) is 3.59. The maximum absolute atomic E-state index is 14.2. The van der Waals surface area contributed by atoms with Gasteiger partial charge in [0, 0.05) is 37.8 Å². The molecule has 1 heterocycles. The highest BCUT2D eigenvalue weighted by Gasteiger charge is 2.38. The van der Waals surface area contributed by atoms with E-state index in [1.54, 1.807) is 6.07 Å². The number of piperazine rings is 1. The first-order valence-corrected chi connectivity index (χ1v) is 7.04. The molecule has 114 valence electrons. The molecule has 1 aromatic carbocycles. The van der Waals surface area contributed by atoms with Crippen LogP contribution < -0.4 is 5.32 Å². The van der Waals surface area contributed by atoms with Gasteiger partial charge < -0.3 is 5.32 Å². The van der Waals surface area contributed by atoms with E-state index in [1.807, 2.05) is 12.1 Å². The van der Waals surface area contributed by atoms with E-state index >= 15 is 0 Å². The largest absolute Gasteiger partial charge is 0.314 e. The van der Waals surface area contributed by atoms with Gasteiger partial charge in [0.2, 0.25) is 0 Å². The minimum Gasteiger partial charge on any atom is -0.314 e. The molecule has 1 saturated heterocycles. The van der Waals surface area contributed by atoms with Crippen LogP contribution in [0.15, 0.2) is 18.2 Å². The third-order valence-corrected chi connectivity index (χ3v) is 4.21. The molecule has 2 fully saturated rings. The van der Waals surface area contributed by atoms with Gasteiger partial charge in [0.1, 0.15) is 5.82 Å². The Morgan fingerprint density at radius 3 is 2.45 bits per heavy atom. The van der Waals surface area contributed by atoms with Gasteiger partial charge in [-0.05, 0) is 24.8 Å². The molecule has 6 heteroatoms. The molecule has 1 saturated carbocycles. The van der Waals surface area contributed by atoms with Crippen LogP contribution in [0.5, 0.6) is 0 Å². The molecule has 0 aromatic heterocycles. The van der Waals surface area contributed by atoms with Crippen LogP contribution >= 0.6 is 36.4 Å².